The minimum Gasteiger partial charge on any atom is -0.437 e. The van der Waals surface area contributed by atoms with Crippen molar-refractivity contribution in [2.24, 2.45) is 0 Å². The van der Waals surface area contributed by atoms with Crippen LogP contribution in [0.4, 0.5) is 0 Å². The summed E-state index contributed by atoms with van der Waals surface area (Å²) in [5.41, 5.74) is 1.18. The van der Waals surface area contributed by atoms with Crippen LogP contribution in [0.3, 0.4) is 0 Å². The van der Waals surface area contributed by atoms with E-state index in [2.05, 4.69) is 20.5 Å². The van der Waals surface area contributed by atoms with Crippen molar-refractivity contribution in [3.8, 4) is 11.6 Å². The topological polar surface area (TPSA) is 85.4 Å². The Kier molecular flexibility index (Phi) is 2.58. The highest BCUT2D eigenvalue weighted by Crippen LogP contribution is 2.24. The number of aliphatic hydroxyl groups is 1. The highest BCUT2D eigenvalue weighted by Gasteiger charge is 2.08. The van der Waals surface area contributed by atoms with Crippen molar-refractivity contribution in [1.29, 1.82) is 0 Å². The first-order valence-corrected chi connectivity index (χ1v) is 5.27. The van der Waals surface area contributed by atoms with Gasteiger partial charge in [0.15, 0.2) is 0 Å². The molecule has 90 valence electrons. The molecule has 1 N–H and O–H groups in total. The number of hydrogen-bond acceptors (Lipinski definition) is 6. The highest BCUT2D eigenvalue weighted by atomic mass is 16.5. The Labute approximate surface area is 102 Å². The molecule has 1 aromatic carbocycles. The van der Waals surface area contributed by atoms with E-state index >= 15 is 0 Å². The molecule has 0 saturated carbocycles. The lowest BCUT2D eigenvalue weighted by atomic mass is 10.2. The number of aliphatic hydroxyl groups excluding tert-OH is 1. The van der Waals surface area contributed by atoms with Gasteiger partial charge >= 0.3 is 0 Å². The van der Waals surface area contributed by atoms with Crippen molar-refractivity contribution in [3.63, 3.8) is 0 Å². The Bertz CT molecular complexity index is 682. The van der Waals surface area contributed by atoms with Crippen molar-refractivity contribution < 1.29 is 9.84 Å². The SMILES string of the molecule is OCc1ccccc1Oc1cncc2nnnn12. The first-order chi connectivity index (χ1) is 8.88. The molecule has 0 amide bonds. The van der Waals surface area contributed by atoms with Gasteiger partial charge in [0.1, 0.15) is 5.75 Å². The van der Waals surface area contributed by atoms with E-state index in [1.165, 1.54) is 16.9 Å². The fourth-order valence-electron chi connectivity index (χ4n) is 1.57. The van der Waals surface area contributed by atoms with Gasteiger partial charge in [0, 0.05) is 5.56 Å². The molecule has 3 rings (SSSR count). The monoisotopic (exact) mass is 243 g/mol. The van der Waals surface area contributed by atoms with Gasteiger partial charge in [-0.3, -0.25) is 4.98 Å². The molecular weight excluding hydrogens is 234 g/mol. The minimum absolute atomic E-state index is 0.102. The standard InChI is InChI=1S/C11H9N5O2/c17-7-8-3-1-2-4-9(8)18-11-6-12-5-10-13-14-15-16(10)11/h1-6,17H,7H2. The first kappa shape index (κ1) is 10.6. The normalized spacial score (nSPS) is 10.7. The van der Waals surface area contributed by atoms with Gasteiger partial charge < -0.3 is 9.84 Å². The third-order valence-corrected chi connectivity index (χ3v) is 2.43. The summed E-state index contributed by atoms with van der Waals surface area (Å²) in [5, 5.41) is 20.3. The molecule has 0 radical (unpaired) electrons. The summed E-state index contributed by atoms with van der Waals surface area (Å²) >= 11 is 0. The predicted molar refractivity (Wildman–Crippen MR) is 61.0 cm³/mol. The van der Waals surface area contributed by atoms with Gasteiger partial charge in [0.05, 0.1) is 19.0 Å². The molecule has 0 atom stereocenters. The molecule has 0 saturated heterocycles. The second-order valence-corrected chi connectivity index (χ2v) is 3.56. The largest absolute Gasteiger partial charge is 0.437 e. The van der Waals surface area contributed by atoms with Gasteiger partial charge in [-0.05, 0) is 16.5 Å². The third kappa shape index (κ3) is 1.76. The van der Waals surface area contributed by atoms with E-state index in [-0.39, 0.29) is 6.61 Å². The van der Waals surface area contributed by atoms with Crippen molar-refractivity contribution in [2.75, 3.05) is 0 Å². The number of nitrogens with zero attached hydrogens (tertiary/aromatic N) is 5. The van der Waals surface area contributed by atoms with Crippen LogP contribution in [0.25, 0.3) is 5.65 Å². The smallest absolute Gasteiger partial charge is 0.242 e. The first-order valence-electron chi connectivity index (χ1n) is 5.27. The van der Waals surface area contributed by atoms with E-state index in [0.29, 0.717) is 22.8 Å². The van der Waals surface area contributed by atoms with E-state index in [0.717, 1.165) is 0 Å². The van der Waals surface area contributed by atoms with Gasteiger partial charge in [-0.1, -0.05) is 18.2 Å². The number of aromatic nitrogens is 5. The molecule has 7 nitrogen and oxygen atoms in total. The number of tetrazole rings is 1. The maximum Gasteiger partial charge on any atom is 0.242 e. The Balaban J connectivity index is 2.04. The number of benzene rings is 1. The summed E-state index contributed by atoms with van der Waals surface area (Å²) in [5.74, 6) is 0.934. The molecule has 7 heteroatoms. The summed E-state index contributed by atoms with van der Waals surface area (Å²) in [7, 11) is 0. The number of hydrogen-bond donors (Lipinski definition) is 1. The van der Waals surface area contributed by atoms with E-state index in [1.807, 2.05) is 12.1 Å². The quantitative estimate of drug-likeness (QED) is 0.732. The van der Waals surface area contributed by atoms with Crippen LogP contribution in [0.2, 0.25) is 0 Å². The minimum atomic E-state index is -0.102. The number of para-hydroxylation sites is 1. The van der Waals surface area contributed by atoms with E-state index in [1.54, 1.807) is 12.1 Å². The van der Waals surface area contributed by atoms with Gasteiger partial charge in [-0.2, -0.15) is 4.52 Å². The van der Waals surface area contributed by atoms with Crippen LogP contribution < -0.4 is 4.74 Å². The van der Waals surface area contributed by atoms with Gasteiger partial charge in [-0.15, -0.1) is 5.10 Å². The molecule has 0 spiro atoms. The summed E-state index contributed by atoms with van der Waals surface area (Å²) in [6.07, 6.45) is 3.04. The van der Waals surface area contributed by atoms with Crippen LogP contribution in [0.15, 0.2) is 36.7 Å². The molecule has 0 aliphatic heterocycles. The number of ether oxygens (including phenoxy) is 1. The predicted octanol–water partition coefficient (Wildman–Crippen LogP) is 0.804. The Morgan fingerprint density at radius 3 is 3.00 bits per heavy atom. The van der Waals surface area contributed by atoms with Crippen molar-refractivity contribution >= 4 is 5.65 Å². The third-order valence-electron chi connectivity index (χ3n) is 2.43. The maximum atomic E-state index is 9.23. The molecule has 3 aromatic rings. The molecule has 2 aromatic heterocycles. The van der Waals surface area contributed by atoms with E-state index in [9.17, 15) is 5.11 Å². The lowest BCUT2D eigenvalue weighted by Gasteiger charge is -2.08. The van der Waals surface area contributed by atoms with Crippen LogP contribution in [0.1, 0.15) is 5.56 Å². The average Bonchev–Trinajstić information content (AvgIpc) is 2.89. The second-order valence-electron chi connectivity index (χ2n) is 3.56. The Morgan fingerprint density at radius 1 is 1.22 bits per heavy atom. The molecule has 0 aliphatic carbocycles. The molecular formula is C11H9N5O2. The zero-order chi connectivity index (χ0) is 12.4. The van der Waals surface area contributed by atoms with Crippen LogP contribution in [-0.4, -0.2) is 30.1 Å². The van der Waals surface area contributed by atoms with E-state index in [4.69, 9.17) is 4.74 Å². The molecule has 2 heterocycles. The van der Waals surface area contributed by atoms with Crippen LogP contribution in [-0.2, 0) is 6.61 Å². The summed E-state index contributed by atoms with van der Waals surface area (Å²) < 4.78 is 7.10. The van der Waals surface area contributed by atoms with E-state index < -0.39 is 0 Å². The van der Waals surface area contributed by atoms with Gasteiger partial charge in [0.2, 0.25) is 11.5 Å². The maximum absolute atomic E-state index is 9.23. The summed E-state index contributed by atoms with van der Waals surface area (Å²) in [6.45, 7) is -0.102. The Hall–Kier alpha value is -2.54. The Morgan fingerprint density at radius 2 is 2.11 bits per heavy atom. The van der Waals surface area contributed by atoms with Crippen LogP contribution in [0.5, 0.6) is 11.6 Å². The van der Waals surface area contributed by atoms with Gasteiger partial charge in [-0.25, -0.2) is 0 Å². The van der Waals surface area contributed by atoms with Crippen molar-refractivity contribution in [3.05, 3.63) is 42.2 Å². The molecule has 0 fully saturated rings. The molecule has 0 aliphatic rings. The van der Waals surface area contributed by atoms with Crippen LogP contribution >= 0.6 is 0 Å². The molecule has 0 bridgehead atoms. The highest BCUT2D eigenvalue weighted by molar-refractivity contribution is 5.38. The molecule has 18 heavy (non-hydrogen) atoms. The lowest BCUT2D eigenvalue weighted by molar-refractivity contribution is 0.275. The average molecular weight is 243 g/mol. The fraction of sp³-hybridized carbons (Fsp3) is 0.0909. The molecule has 0 unspecified atom stereocenters. The van der Waals surface area contributed by atoms with Crippen molar-refractivity contribution in [1.82, 2.24) is 25.0 Å². The second kappa shape index (κ2) is 4.38. The zero-order valence-corrected chi connectivity index (χ0v) is 9.26. The lowest BCUT2D eigenvalue weighted by Crippen LogP contribution is -1.98. The number of rotatable bonds is 3. The number of fused-ring (bicyclic) bond motifs is 1. The van der Waals surface area contributed by atoms with Crippen molar-refractivity contribution in [2.45, 2.75) is 6.61 Å². The zero-order valence-electron chi connectivity index (χ0n) is 9.26. The van der Waals surface area contributed by atoms with Crippen LogP contribution in [0, 0.1) is 0 Å². The fourth-order valence-corrected chi connectivity index (χ4v) is 1.57. The summed E-state index contributed by atoms with van der Waals surface area (Å²) in [4.78, 5) is 3.99. The summed E-state index contributed by atoms with van der Waals surface area (Å²) in [6, 6.07) is 7.19. The van der Waals surface area contributed by atoms with Gasteiger partial charge in [0.25, 0.3) is 0 Å².